The van der Waals surface area contributed by atoms with E-state index in [1.807, 2.05) is 82.3 Å². The summed E-state index contributed by atoms with van der Waals surface area (Å²) in [5.41, 5.74) is 3.28. The number of halogens is 2. The first-order valence-corrected chi connectivity index (χ1v) is 16.9. The zero-order valence-corrected chi connectivity index (χ0v) is 29.1. The average Bonchev–Trinajstić information content (AvgIpc) is 3.33. The molecule has 3 aromatic rings. The Morgan fingerprint density at radius 2 is 1.57 bits per heavy atom. The van der Waals surface area contributed by atoms with Gasteiger partial charge < -0.3 is 20.1 Å². The third kappa shape index (κ3) is 9.92. The van der Waals surface area contributed by atoms with E-state index in [-0.39, 0.29) is 22.5 Å². The van der Waals surface area contributed by atoms with E-state index >= 15 is 0 Å². The number of imide groups is 1. The zero-order valence-electron chi connectivity index (χ0n) is 28.4. The highest BCUT2D eigenvalue weighted by Crippen LogP contribution is 2.39. The maximum Gasteiger partial charge on any atom is 0.344 e. The van der Waals surface area contributed by atoms with Crippen molar-refractivity contribution in [1.29, 1.82) is 0 Å². The van der Waals surface area contributed by atoms with E-state index in [0.29, 0.717) is 30.6 Å². The molecule has 0 fully saturated rings. The van der Waals surface area contributed by atoms with Crippen molar-refractivity contribution in [1.82, 2.24) is 5.32 Å². The Labute approximate surface area is 291 Å². The van der Waals surface area contributed by atoms with Crippen molar-refractivity contribution in [3.63, 3.8) is 0 Å². The van der Waals surface area contributed by atoms with Gasteiger partial charge in [-0.15, -0.1) is 0 Å². The molecule has 11 heteroatoms. The third-order valence-corrected chi connectivity index (χ3v) is 8.52. The van der Waals surface area contributed by atoms with Crippen LogP contribution in [0.2, 0.25) is 5.02 Å². The molecule has 5 rings (SSSR count). The molecule has 3 aromatic carbocycles. The highest BCUT2D eigenvalue weighted by molar-refractivity contribution is 6.34. The Morgan fingerprint density at radius 1 is 0.939 bits per heavy atom. The van der Waals surface area contributed by atoms with E-state index in [9.17, 15) is 23.6 Å². The minimum atomic E-state index is -0.814. The van der Waals surface area contributed by atoms with E-state index in [1.54, 1.807) is 0 Å². The topological polar surface area (TPSA) is 114 Å². The lowest BCUT2D eigenvalue weighted by molar-refractivity contribution is -0.146. The Morgan fingerprint density at radius 3 is 2.18 bits per heavy atom. The molecule has 49 heavy (non-hydrogen) atoms. The van der Waals surface area contributed by atoms with Gasteiger partial charge in [0.05, 0.1) is 22.9 Å². The smallest absolute Gasteiger partial charge is 0.344 e. The van der Waals surface area contributed by atoms with E-state index in [0.717, 1.165) is 54.3 Å². The summed E-state index contributed by atoms with van der Waals surface area (Å²) in [6.45, 7) is 7.91. The molecule has 2 N–H and O–H groups in total. The molecule has 0 bridgehead atoms. The molecule has 1 heterocycles. The first-order valence-electron chi connectivity index (χ1n) is 16.5. The number of esters is 1. The monoisotopic (exact) mass is 691 g/mol. The van der Waals surface area contributed by atoms with Crippen LogP contribution in [0, 0.1) is 12.7 Å². The Balaban J connectivity index is 0.000000237. The summed E-state index contributed by atoms with van der Waals surface area (Å²) in [5.74, 6) is -2.40. The number of amides is 4. The van der Waals surface area contributed by atoms with E-state index in [1.165, 1.54) is 11.6 Å². The van der Waals surface area contributed by atoms with Gasteiger partial charge >= 0.3 is 12.0 Å². The van der Waals surface area contributed by atoms with Crippen LogP contribution in [0.4, 0.5) is 20.6 Å². The second-order valence-corrected chi connectivity index (χ2v) is 12.9. The quantitative estimate of drug-likeness (QED) is 0.119. The third-order valence-electron chi connectivity index (χ3n) is 8.22. The van der Waals surface area contributed by atoms with E-state index < -0.39 is 35.7 Å². The molecule has 2 aliphatic rings. The number of nitrogens with zero attached hydrogens (tertiary/aromatic N) is 1. The summed E-state index contributed by atoms with van der Waals surface area (Å²) in [4.78, 5) is 50.0. The van der Waals surface area contributed by atoms with Crippen LogP contribution >= 0.6 is 11.6 Å². The number of anilines is 2. The van der Waals surface area contributed by atoms with Gasteiger partial charge in [0, 0.05) is 22.9 Å². The molecule has 0 spiro atoms. The van der Waals surface area contributed by atoms with Crippen molar-refractivity contribution in [2.45, 2.75) is 78.2 Å². The van der Waals surface area contributed by atoms with Gasteiger partial charge in [0.15, 0.2) is 6.61 Å². The fraction of sp³-hybridized carbons (Fsp3) is 0.368. The second-order valence-electron chi connectivity index (χ2n) is 12.5. The van der Waals surface area contributed by atoms with Gasteiger partial charge in [0.1, 0.15) is 11.6 Å². The predicted molar refractivity (Wildman–Crippen MR) is 188 cm³/mol. The number of nitrogens with one attached hydrogen (secondary N) is 2. The van der Waals surface area contributed by atoms with Crippen molar-refractivity contribution in [2.24, 2.45) is 0 Å². The predicted octanol–water partition coefficient (Wildman–Crippen LogP) is 8.39. The summed E-state index contributed by atoms with van der Waals surface area (Å²) in [6, 6.07) is 19.6. The zero-order chi connectivity index (χ0) is 35.6. The van der Waals surface area contributed by atoms with Crippen LogP contribution in [0.15, 0.2) is 77.9 Å². The van der Waals surface area contributed by atoms with Gasteiger partial charge in [-0.2, -0.15) is 0 Å². The first kappa shape index (κ1) is 37.1. The summed E-state index contributed by atoms with van der Waals surface area (Å²) in [6.07, 6.45) is 5.40. The average molecular weight is 692 g/mol. The molecular formula is C38H43ClFN3O6. The number of aryl methyl sites for hydroxylation is 1. The van der Waals surface area contributed by atoms with Gasteiger partial charge in [-0.25, -0.2) is 18.9 Å². The minimum Gasteiger partial charge on any atom is -0.480 e. The number of urea groups is 1. The van der Waals surface area contributed by atoms with Crippen molar-refractivity contribution < 1.29 is 33.0 Å². The molecule has 4 amide bonds. The lowest BCUT2D eigenvalue weighted by atomic mass is 9.93. The van der Waals surface area contributed by atoms with Gasteiger partial charge in [0.2, 0.25) is 0 Å². The first-order chi connectivity index (χ1) is 23.4. The number of unbranched alkanes of at least 4 members (excludes halogenated alkanes) is 2. The maximum atomic E-state index is 14.5. The van der Waals surface area contributed by atoms with Gasteiger partial charge in [-0.3, -0.25) is 9.59 Å². The van der Waals surface area contributed by atoms with Crippen LogP contribution in [0.3, 0.4) is 0 Å². The molecule has 0 atom stereocenters. The Bertz CT molecular complexity index is 1660. The van der Waals surface area contributed by atoms with Crippen LogP contribution < -0.4 is 20.3 Å². The molecule has 1 aliphatic heterocycles. The van der Waals surface area contributed by atoms with Crippen LogP contribution in [0.5, 0.6) is 5.75 Å². The second kappa shape index (κ2) is 17.1. The number of carbonyl (C=O) groups excluding carboxylic acids is 4. The summed E-state index contributed by atoms with van der Waals surface area (Å²) >= 11 is 6.02. The summed E-state index contributed by atoms with van der Waals surface area (Å²) < 4.78 is 25.0. The number of rotatable bonds is 11. The minimum absolute atomic E-state index is 0.000883. The van der Waals surface area contributed by atoms with Crippen molar-refractivity contribution >= 4 is 46.8 Å². The molecule has 0 radical (unpaired) electrons. The number of carbonyl (C=O) groups is 4. The van der Waals surface area contributed by atoms with Crippen molar-refractivity contribution in [2.75, 3.05) is 23.4 Å². The standard InChI is InChI=1S/C21H23ClFNO5.C17H20N2O/c1-2-3-6-9-28-19(25)12-29-18-11-17(16(23)10-15(18)22)24-20(26)13-7-4-5-8-14(13)21(24)27;1-13-9-11-15(12-10-13)18-16(20)19-17(2,3)14-7-5-4-6-8-14/h10-11H,2-9,12H2,1H3;4-12H,1-3H3,(H2,18,19,20). The number of ether oxygens (including phenoxy) is 2. The number of hydrogen-bond donors (Lipinski definition) is 2. The van der Waals surface area contributed by atoms with Gasteiger partial charge in [-0.1, -0.05) is 79.4 Å². The van der Waals surface area contributed by atoms with E-state index in [2.05, 4.69) is 10.6 Å². The number of hydrogen-bond acceptors (Lipinski definition) is 6. The SMILES string of the molecule is CCCCCOC(=O)COc1cc(N2C(=O)C3=C(CCCC3)C2=O)c(F)cc1Cl.Cc1ccc(NC(=O)NC(C)(C)c2ccccc2)cc1. The summed E-state index contributed by atoms with van der Waals surface area (Å²) in [7, 11) is 0. The molecule has 0 unspecified atom stereocenters. The van der Waals surface area contributed by atoms with Crippen LogP contribution in [0.25, 0.3) is 0 Å². The normalized spacial score (nSPS) is 14.1. The molecule has 9 nitrogen and oxygen atoms in total. The molecule has 260 valence electrons. The fourth-order valence-electron chi connectivity index (χ4n) is 5.49. The molecular weight excluding hydrogens is 649 g/mol. The molecule has 0 saturated carbocycles. The van der Waals surface area contributed by atoms with E-state index in [4.69, 9.17) is 21.1 Å². The lowest BCUT2D eigenvalue weighted by Crippen LogP contribution is -2.43. The van der Waals surface area contributed by atoms with Crippen LogP contribution in [-0.2, 0) is 24.7 Å². The van der Waals surface area contributed by atoms with Crippen molar-refractivity contribution in [3.05, 3.63) is 99.8 Å². The van der Waals surface area contributed by atoms with Gasteiger partial charge in [0.25, 0.3) is 11.8 Å². The highest BCUT2D eigenvalue weighted by atomic mass is 35.5. The van der Waals surface area contributed by atoms with Crippen LogP contribution in [0.1, 0.15) is 76.8 Å². The van der Waals surface area contributed by atoms with Gasteiger partial charge in [-0.05, 0) is 76.6 Å². The largest absolute Gasteiger partial charge is 0.480 e. The highest BCUT2D eigenvalue weighted by Gasteiger charge is 2.41. The Hall–Kier alpha value is -4.70. The number of benzene rings is 3. The maximum absolute atomic E-state index is 14.5. The Kier molecular flexibility index (Phi) is 13.0. The molecule has 0 saturated heterocycles. The lowest BCUT2D eigenvalue weighted by Gasteiger charge is -2.27. The van der Waals surface area contributed by atoms with Crippen LogP contribution in [-0.4, -0.2) is 37.0 Å². The fourth-order valence-corrected chi connectivity index (χ4v) is 5.69. The van der Waals surface area contributed by atoms with Crippen molar-refractivity contribution in [3.8, 4) is 5.75 Å². The summed E-state index contributed by atoms with van der Waals surface area (Å²) in [5, 5.41) is 5.76. The molecule has 1 aliphatic carbocycles. The molecule has 0 aromatic heterocycles.